The van der Waals surface area contributed by atoms with Crippen molar-refractivity contribution in [2.24, 2.45) is 13.0 Å². The molecule has 22 heavy (non-hydrogen) atoms. The minimum atomic E-state index is 0.0185. The Labute approximate surface area is 131 Å². The molecule has 0 aromatic carbocycles. The molecule has 0 unspecified atom stereocenters. The molecule has 122 valence electrons. The number of aryl methyl sites for hydroxylation is 1. The summed E-state index contributed by atoms with van der Waals surface area (Å²) in [7, 11) is 3.68. The second-order valence-corrected chi connectivity index (χ2v) is 6.41. The molecule has 1 aromatic rings. The molecule has 0 N–H and O–H groups in total. The van der Waals surface area contributed by atoms with Gasteiger partial charge in [-0.05, 0) is 25.2 Å². The third-order valence-corrected chi connectivity index (χ3v) is 4.37. The van der Waals surface area contributed by atoms with Gasteiger partial charge in [0.1, 0.15) is 0 Å². The molecule has 2 fully saturated rings. The maximum absolute atomic E-state index is 12.7. The third kappa shape index (κ3) is 3.67. The van der Waals surface area contributed by atoms with Crippen LogP contribution in [-0.2, 0) is 16.5 Å². The smallest absolute Gasteiger partial charge is 0.257 e. The van der Waals surface area contributed by atoms with Crippen molar-refractivity contribution in [2.75, 3.05) is 40.0 Å². The molecule has 0 spiro atoms. The summed E-state index contributed by atoms with van der Waals surface area (Å²) in [6.07, 6.45) is 5.33. The van der Waals surface area contributed by atoms with E-state index in [1.54, 1.807) is 9.58 Å². The van der Waals surface area contributed by atoms with Gasteiger partial charge in [-0.2, -0.15) is 5.10 Å². The average molecular weight is 307 g/mol. The molecule has 1 amide bonds. The van der Waals surface area contributed by atoms with Crippen molar-refractivity contribution in [2.45, 2.75) is 25.2 Å². The van der Waals surface area contributed by atoms with E-state index < -0.39 is 0 Å². The van der Waals surface area contributed by atoms with E-state index in [9.17, 15) is 4.79 Å². The Morgan fingerprint density at radius 3 is 3.00 bits per heavy atom. The van der Waals surface area contributed by atoms with Gasteiger partial charge in [-0.1, -0.05) is 0 Å². The van der Waals surface area contributed by atoms with E-state index in [1.807, 2.05) is 20.3 Å². The summed E-state index contributed by atoms with van der Waals surface area (Å²) in [6.45, 7) is 3.45. The van der Waals surface area contributed by atoms with Crippen LogP contribution in [0.5, 0.6) is 0 Å². The van der Waals surface area contributed by atoms with Crippen molar-refractivity contribution < 1.29 is 14.3 Å². The number of aromatic nitrogens is 2. The zero-order chi connectivity index (χ0) is 15.5. The number of likely N-dealkylation sites (N-methyl/N-ethyl adjacent to an activating group) is 1. The average Bonchev–Trinajstić information content (AvgIpc) is 3.00. The van der Waals surface area contributed by atoms with E-state index in [2.05, 4.69) is 5.10 Å². The molecule has 3 rings (SSSR count). The Morgan fingerprint density at radius 1 is 1.50 bits per heavy atom. The zero-order valence-corrected chi connectivity index (χ0v) is 13.5. The highest BCUT2D eigenvalue weighted by Gasteiger charge is 2.28. The number of nitrogens with zero attached hydrogens (tertiary/aromatic N) is 3. The van der Waals surface area contributed by atoms with Gasteiger partial charge in [0.15, 0.2) is 0 Å². The van der Waals surface area contributed by atoms with Crippen molar-refractivity contribution in [1.29, 1.82) is 0 Å². The Kier molecular flexibility index (Phi) is 4.78. The highest BCUT2D eigenvalue weighted by atomic mass is 16.5. The summed E-state index contributed by atoms with van der Waals surface area (Å²) in [5.74, 6) is 1.01. The molecule has 0 bridgehead atoms. The molecule has 1 saturated carbocycles. The molecule has 2 aliphatic rings. The molecule has 6 heteroatoms. The molecule has 1 saturated heterocycles. The first-order valence-electron chi connectivity index (χ1n) is 8.09. The van der Waals surface area contributed by atoms with Crippen LogP contribution in [0.15, 0.2) is 6.20 Å². The molecule has 1 aliphatic carbocycles. The molecule has 0 radical (unpaired) electrons. The first-order valence-corrected chi connectivity index (χ1v) is 8.09. The first-order chi connectivity index (χ1) is 10.6. The summed E-state index contributed by atoms with van der Waals surface area (Å²) < 4.78 is 12.8. The first kappa shape index (κ1) is 15.5. The van der Waals surface area contributed by atoms with Crippen LogP contribution in [0.25, 0.3) is 0 Å². The SMILES string of the molecule is CN(CCOCC1CC1)C(=O)c1cn(C)nc1[C@@H]1CCOC1. The zero-order valence-electron chi connectivity index (χ0n) is 13.5. The van der Waals surface area contributed by atoms with Gasteiger partial charge in [-0.3, -0.25) is 9.48 Å². The van der Waals surface area contributed by atoms with E-state index in [1.165, 1.54) is 12.8 Å². The number of hydrogen-bond donors (Lipinski definition) is 0. The number of carbonyl (C=O) groups is 1. The topological polar surface area (TPSA) is 56.6 Å². The standard InChI is InChI=1S/C16H25N3O3/c1-18(6-8-22-10-12-3-4-12)16(20)14-9-19(2)17-15(14)13-5-7-21-11-13/h9,12-13H,3-8,10-11H2,1-2H3/t13-/m1/s1. The minimum absolute atomic E-state index is 0.0185. The number of rotatable bonds is 7. The summed E-state index contributed by atoms with van der Waals surface area (Å²) in [5, 5.41) is 4.48. The van der Waals surface area contributed by atoms with Gasteiger partial charge in [-0.25, -0.2) is 0 Å². The summed E-state index contributed by atoms with van der Waals surface area (Å²) in [6, 6.07) is 0. The van der Waals surface area contributed by atoms with Crippen LogP contribution in [0, 0.1) is 5.92 Å². The molecular weight excluding hydrogens is 282 g/mol. The highest BCUT2D eigenvalue weighted by molar-refractivity contribution is 5.95. The van der Waals surface area contributed by atoms with Crippen LogP contribution >= 0.6 is 0 Å². The number of hydrogen-bond acceptors (Lipinski definition) is 4. The van der Waals surface area contributed by atoms with Gasteiger partial charge < -0.3 is 14.4 Å². The van der Waals surface area contributed by atoms with Crippen molar-refractivity contribution in [3.8, 4) is 0 Å². The second kappa shape index (κ2) is 6.79. The molecule has 6 nitrogen and oxygen atoms in total. The van der Waals surface area contributed by atoms with Gasteiger partial charge in [0.05, 0.1) is 24.5 Å². The van der Waals surface area contributed by atoms with Crippen LogP contribution in [0.2, 0.25) is 0 Å². The molecular formula is C16H25N3O3. The fraction of sp³-hybridized carbons (Fsp3) is 0.750. The van der Waals surface area contributed by atoms with E-state index in [0.717, 1.165) is 31.2 Å². The predicted molar refractivity (Wildman–Crippen MR) is 81.9 cm³/mol. The van der Waals surface area contributed by atoms with Crippen LogP contribution < -0.4 is 0 Å². The lowest BCUT2D eigenvalue weighted by molar-refractivity contribution is 0.0679. The van der Waals surface area contributed by atoms with Gasteiger partial charge in [0, 0.05) is 46.0 Å². The van der Waals surface area contributed by atoms with Crippen LogP contribution in [0.1, 0.15) is 41.2 Å². The molecule has 1 aromatic heterocycles. The molecule has 1 atom stereocenters. The third-order valence-electron chi connectivity index (χ3n) is 4.37. The van der Waals surface area contributed by atoms with E-state index >= 15 is 0 Å². The second-order valence-electron chi connectivity index (χ2n) is 6.41. The number of ether oxygens (including phenoxy) is 2. The monoisotopic (exact) mass is 307 g/mol. The van der Waals surface area contributed by atoms with E-state index in [0.29, 0.717) is 25.3 Å². The van der Waals surface area contributed by atoms with Gasteiger partial charge in [0.25, 0.3) is 5.91 Å². The molecule has 1 aliphatic heterocycles. The minimum Gasteiger partial charge on any atom is -0.381 e. The van der Waals surface area contributed by atoms with Crippen LogP contribution in [0.4, 0.5) is 0 Å². The predicted octanol–water partition coefficient (Wildman–Crippen LogP) is 1.42. The van der Waals surface area contributed by atoms with Crippen LogP contribution in [-0.4, -0.2) is 60.6 Å². The summed E-state index contributed by atoms with van der Waals surface area (Å²) >= 11 is 0. The Balaban J connectivity index is 1.57. The van der Waals surface area contributed by atoms with Gasteiger partial charge >= 0.3 is 0 Å². The van der Waals surface area contributed by atoms with E-state index in [-0.39, 0.29) is 11.8 Å². The Hall–Kier alpha value is -1.40. The maximum Gasteiger partial charge on any atom is 0.257 e. The van der Waals surface area contributed by atoms with Crippen molar-refractivity contribution >= 4 is 5.91 Å². The van der Waals surface area contributed by atoms with Gasteiger partial charge in [0.2, 0.25) is 0 Å². The largest absolute Gasteiger partial charge is 0.381 e. The van der Waals surface area contributed by atoms with E-state index in [4.69, 9.17) is 9.47 Å². The maximum atomic E-state index is 12.7. The summed E-state index contributed by atoms with van der Waals surface area (Å²) in [5.41, 5.74) is 1.57. The van der Waals surface area contributed by atoms with Gasteiger partial charge in [-0.15, -0.1) is 0 Å². The fourth-order valence-corrected chi connectivity index (χ4v) is 2.77. The highest BCUT2D eigenvalue weighted by Crippen LogP contribution is 2.29. The Bertz CT molecular complexity index is 519. The lowest BCUT2D eigenvalue weighted by Gasteiger charge is -2.18. The number of carbonyl (C=O) groups excluding carboxylic acids is 1. The normalized spacial score (nSPS) is 21.3. The van der Waals surface area contributed by atoms with Crippen molar-refractivity contribution in [3.05, 3.63) is 17.5 Å². The van der Waals surface area contributed by atoms with Crippen molar-refractivity contribution in [1.82, 2.24) is 14.7 Å². The van der Waals surface area contributed by atoms with Crippen molar-refractivity contribution in [3.63, 3.8) is 0 Å². The quantitative estimate of drug-likeness (QED) is 0.715. The molecule has 2 heterocycles. The lowest BCUT2D eigenvalue weighted by Crippen LogP contribution is -2.31. The lowest BCUT2D eigenvalue weighted by atomic mass is 10.0. The summed E-state index contributed by atoms with van der Waals surface area (Å²) in [4.78, 5) is 14.4. The van der Waals surface area contributed by atoms with Crippen LogP contribution in [0.3, 0.4) is 0 Å². The number of amides is 1. The fourth-order valence-electron chi connectivity index (χ4n) is 2.77. The Morgan fingerprint density at radius 2 is 2.32 bits per heavy atom.